The van der Waals surface area contributed by atoms with Crippen LogP contribution in [0.25, 0.3) is 11.0 Å². The predicted molar refractivity (Wildman–Crippen MR) is 106 cm³/mol. The topological polar surface area (TPSA) is 88.7 Å². The third-order valence-corrected chi connectivity index (χ3v) is 5.32. The molecule has 0 bridgehead atoms. The molecule has 3 aromatic rings. The molecule has 0 saturated heterocycles. The van der Waals surface area contributed by atoms with Gasteiger partial charge in [-0.15, -0.1) is 0 Å². The van der Waals surface area contributed by atoms with Gasteiger partial charge in [0.1, 0.15) is 11.0 Å². The predicted octanol–water partition coefficient (Wildman–Crippen LogP) is 2.13. The molecule has 0 aromatic carbocycles. The van der Waals surface area contributed by atoms with Crippen molar-refractivity contribution in [2.24, 2.45) is 14.1 Å². The average molecular weight is 369 g/mol. The molecule has 1 aliphatic carbocycles. The summed E-state index contributed by atoms with van der Waals surface area (Å²) in [5.74, 6) is 1.38. The van der Waals surface area contributed by atoms with Gasteiger partial charge in [-0.3, -0.25) is 9.36 Å². The van der Waals surface area contributed by atoms with Crippen LogP contribution in [0, 0.1) is 0 Å². The number of fused-ring (bicyclic) bond motifs is 1. The van der Waals surface area contributed by atoms with Crippen LogP contribution in [0.2, 0.25) is 0 Å². The van der Waals surface area contributed by atoms with Crippen molar-refractivity contribution in [3.63, 3.8) is 0 Å². The van der Waals surface area contributed by atoms with Gasteiger partial charge >= 0.3 is 0 Å². The second-order valence-electron chi connectivity index (χ2n) is 7.54. The minimum Gasteiger partial charge on any atom is -0.365 e. The van der Waals surface area contributed by atoms with Crippen LogP contribution in [0.4, 0.5) is 17.5 Å². The van der Waals surface area contributed by atoms with E-state index >= 15 is 0 Å². The van der Waals surface area contributed by atoms with Gasteiger partial charge in [-0.05, 0) is 39.8 Å². The van der Waals surface area contributed by atoms with E-state index in [-0.39, 0.29) is 0 Å². The van der Waals surface area contributed by atoms with E-state index in [1.54, 1.807) is 17.1 Å². The molecule has 1 fully saturated rings. The fourth-order valence-electron chi connectivity index (χ4n) is 3.78. The Morgan fingerprint density at radius 2 is 1.81 bits per heavy atom. The molecule has 1 saturated carbocycles. The van der Waals surface area contributed by atoms with E-state index in [4.69, 9.17) is 4.98 Å². The normalized spacial score (nSPS) is 20.3. The molecule has 0 amide bonds. The molecule has 1 aliphatic rings. The third-order valence-electron chi connectivity index (χ3n) is 5.32. The maximum Gasteiger partial charge on any atom is 0.230 e. The second-order valence-corrected chi connectivity index (χ2v) is 7.54. The number of nitrogens with zero attached hydrogens (tertiary/aromatic N) is 7. The van der Waals surface area contributed by atoms with Crippen molar-refractivity contribution in [2.75, 3.05) is 24.7 Å². The van der Waals surface area contributed by atoms with Crippen LogP contribution in [-0.2, 0) is 14.1 Å². The van der Waals surface area contributed by atoms with E-state index in [9.17, 15) is 0 Å². The van der Waals surface area contributed by atoms with E-state index in [0.29, 0.717) is 18.0 Å². The number of rotatable bonds is 5. The van der Waals surface area contributed by atoms with Gasteiger partial charge in [-0.2, -0.15) is 15.2 Å². The Kier molecular flexibility index (Phi) is 4.69. The van der Waals surface area contributed by atoms with Crippen molar-refractivity contribution in [1.82, 2.24) is 34.4 Å². The van der Waals surface area contributed by atoms with E-state index in [1.807, 2.05) is 25.0 Å². The van der Waals surface area contributed by atoms with E-state index in [0.717, 1.165) is 35.4 Å². The molecule has 9 heteroatoms. The molecule has 2 N–H and O–H groups in total. The summed E-state index contributed by atoms with van der Waals surface area (Å²) in [7, 11) is 8.14. The van der Waals surface area contributed by atoms with Crippen molar-refractivity contribution in [3.05, 3.63) is 18.6 Å². The molecule has 0 unspecified atom stereocenters. The van der Waals surface area contributed by atoms with Gasteiger partial charge in [0.25, 0.3) is 0 Å². The number of nitrogens with one attached hydrogen (secondary N) is 2. The number of hydrogen-bond acceptors (Lipinski definition) is 7. The molecule has 144 valence electrons. The molecule has 9 nitrogen and oxygen atoms in total. The van der Waals surface area contributed by atoms with Crippen LogP contribution < -0.4 is 10.6 Å². The maximum absolute atomic E-state index is 4.75. The largest absolute Gasteiger partial charge is 0.365 e. The fraction of sp³-hybridized carbons (Fsp3) is 0.556. The molecule has 0 spiro atoms. The zero-order valence-electron chi connectivity index (χ0n) is 16.3. The fourth-order valence-corrected chi connectivity index (χ4v) is 3.78. The second kappa shape index (κ2) is 7.15. The Labute approximate surface area is 158 Å². The summed E-state index contributed by atoms with van der Waals surface area (Å²) in [6.45, 7) is 0. The lowest BCUT2D eigenvalue weighted by molar-refractivity contribution is 0.221. The van der Waals surface area contributed by atoms with Crippen LogP contribution in [0.1, 0.15) is 25.7 Å². The monoisotopic (exact) mass is 369 g/mol. The third kappa shape index (κ3) is 3.73. The molecule has 0 atom stereocenters. The Morgan fingerprint density at radius 1 is 1.04 bits per heavy atom. The summed E-state index contributed by atoms with van der Waals surface area (Å²) in [5.41, 5.74) is 2.61. The van der Waals surface area contributed by atoms with E-state index in [2.05, 4.69) is 44.8 Å². The molecular formula is C18H27N9. The molecule has 27 heavy (non-hydrogen) atoms. The van der Waals surface area contributed by atoms with Crippen LogP contribution >= 0.6 is 0 Å². The highest BCUT2D eigenvalue weighted by atomic mass is 15.3. The molecule has 0 radical (unpaired) electrons. The SMILES string of the molecule is CN(C)C1CCC(Nc2nc(Nc3cnn(C)c3)nc3cnn(C)c23)CC1. The summed E-state index contributed by atoms with van der Waals surface area (Å²) in [4.78, 5) is 11.7. The van der Waals surface area contributed by atoms with E-state index in [1.165, 1.54) is 12.8 Å². The first-order chi connectivity index (χ1) is 13.0. The van der Waals surface area contributed by atoms with Crippen LogP contribution in [-0.4, -0.2) is 60.6 Å². The van der Waals surface area contributed by atoms with Gasteiger partial charge < -0.3 is 15.5 Å². The summed E-state index contributed by atoms with van der Waals surface area (Å²) >= 11 is 0. The minimum atomic E-state index is 0.417. The van der Waals surface area contributed by atoms with Crippen LogP contribution in [0.15, 0.2) is 18.6 Å². The number of hydrogen-bond donors (Lipinski definition) is 2. The number of aryl methyl sites for hydroxylation is 2. The van der Waals surface area contributed by atoms with Crippen molar-refractivity contribution in [3.8, 4) is 0 Å². The molecular weight excluding hydrogens is 342 g/mol. The lowest BCUT2D eigenvalue weighted by atomic mass is 9.90. The Balaban J connectivity index is 1.58. The van der Waals surface area contributed by atoms with Crippen LogP contribution in [0.3, 0.4) is 0 Å². The Hall–Kier alpha value is -2.68. The molecule has 4 rings (SSSR count). The zero-order chi connectivity index (χ0) is 19.0. The highest BCUT2D eigenvalue weighted by molar-refractivity contribution is 5.87. The molecule has 0 aliphatic heterocycles. The lowest BCUT2D eigenvalue weighted by Gasteiger charge is -2.33. The first kappa shape index (κ1) is 17.7. The standard InChI is InChI=1S/C18H27N9/c1-25(2)14-7-5-12(6-8-14)21-17-16-15(10-20-27(16)4)23-18(24-17)22-13-9-19-26(3)11-13/h9-12,14H,5-8H2,1-4H3,(H2,21,22,23,24). The molecule has 3 aromatic heterocycles. The lowest BCUT2D eigenvalue weighted by Crippen LogP contribution is -2.36. The highest BCUT2D eigenvalue weighted by Crippen LogP contribution is 2.28. The number of anilines is 3. The number of aromatic nitrogens is 6. The van der Waals surface area contributed by atoms with Gasteiger partial charge in [-0.25, -0.2) is 4.98 Å². The highest BCUT2D eigenvalue weighted by Gasteiger charge is 2.24. The molecule has 3 heterocycles. The summed E-state index contributed by atoms with van der Waals surface area (Å²) in [6.07, 6.45) is 10.1. The van der Waals surface area contributed by atoms with Gasteiger partial charge in [0, 0.05) is 32.4 Å². The van der Waals surface area contributed by atoms with Gasteiger partial charge in [0.15, 0.2) is 5.82 Å². The summed E-state index contributed by atoms with van der Waals surface area (Å²) in [5, 5.41) is 15.4. The summed E-state index contributed by atoms with van der Waals surface area (Å²) < 4.78 is 3.57. The van der Waals surface area contributed by atoms with Gasteiger partial charge in [0.05, 0.1) is 18.1 Å². The van der Waals surface area contributed by atoms with Crippen molar-refractivity contribution >= 4 is 28.5 Å². The van der Waals surface area contributed by atoms with Gasteiger partial charge in [0.2, 0.25) is 5.95 Å². The average Bonchev–Trinajstić information content (AvgIpc) is 3.21. The first-order valence-electron chi connectivity index (χ1n) is 9.38. The van der Waals surface area contributed by atoms with Crippen molar-refractivity contribution in [1.29, 1.82) is 0 Å². The minimum absolute atomic E-state index is 0.417. The quantitative estimate of drug-likeness (QED) is 0.712. The van der Waals surface area contributed by atoms with Crippen molar-refractivity contribution in [2.45, 2.75) is 37.8 Å². The van der Waals surface area contributed by atoms with E-state index < -0.39 is 0 Å². The summed E-state index contributed by atoms with van der Waals surface area (Å²) in [6, 6.07) is 1.09. The first-order valence-corrected chi connectivity index (χ1v) is 9.38. The van der Waals surface area contributed by atoms with Crippen molar-refractivity contribution < 1.29 is 0 Å². The Morgan fingerprint density at radius 3 is 2.48 bits per heavy atom. The zero-order valence-corrected chi connectivity index (χ0v) is 16.3. The Bertz CT molecular complexity index is 918. The maximum atomic E-state index is 4.75. The van der Waals surface area contributed by atoms with Crippen LogP contribution in [0.5, 0.6) is 0 Å². The smallest absolute Gasteiger partial charge is 0.230 e. The van der Waals surface area contributed by atoms with Gasteiger partial charge in [-0.1, -0.05) is 0 Å².